The lowest BCUT2D eigenvalue weighted by Crippen LogP contribution is -2.50. The Morgan fingerprint density at radius 2 is 1.72 bits per heavy atom. The maximum Gasteiger partial charge on any atom is 0.260 e. The van der Waals surface area contributed by atoms with E-state index in [1.165, 1.54) is 11.1 Å². The molecule has 32 heavy (non-hydrogen) atoms. The van der Waals surface area contributed by atoms with Crippen molar-refractivity contribution in [2.24, 2.45) is 0 Å². The molecule has 5 heteroatoms. The van der Waals surface area contributed by atoms with Crippen molar-refractivity contribution in [3.05, 3.63) is 89.5 Å². The van der Waals surface area contributed by atoms with Crippen molar-refractivity contribution in [2.45, 2.75) is 18.4 Å². The number of halogens is 1. The summed E-state index contributed by atoms with van der Waals surface area (Å²) in [5.74, 6) is 1.53. The van der Waals surface area contributed by atoms with Gasteiger partial charge in [-0.05, 0) is 53.6 Å². The van der Waals surface area contributed by atoms with Crippen molar-refractivity contribution in [1.82, 2.24) is 4.90 Å². The summed E-state index contributed by atoms with van der Waals surface area (Å²) in [6.45, 7) is 1.31. The van der Waals surface area contributed by atoms with Crippen LogP contribution in [0.15, 0.2) is 78.9 Å². The molecule has 5 rings (SSSR count). The van der Waals surface area contributed by atoms with E-state index in [9.17, 15) is 4.79 Å². The zero-order chi connectivity index (χ0) is 22.0. The fourth-order valence-electron chi connectivity index (χ4n) is 4.25. The zero-order valence-corrected chi connectivity index (χ0v) is 18.4. The van der Waals surface area contributed by atoms with Gasteiger partial charge in [0, 0.05) is 36.5 Å². The molecule has 1 fully saturated rings. The van der Waals surface area contributed by atoms with Crippen LogP contribution in [0.5, 0.6) is 11.5 Å². The smallest absolute Gasteiger partial charge is 0.260 e. The van der Waals surface area contributed by atoms with Gasteiger partial charge < -0.3 is 14.4 Å². The summed E-state index contributed by atoms with van der Waals surface area (Å²) in [7, 11) is 0. The molecule has 0 aliphatic carbocycles. The standard InChI is InChI=1S/C27H24ClNO3/c28-23-7-9-24(10-8-23)31-19-26(30)29-16-14-27(15-17-29)13-12-22-18-21(6-11-25(22)32-27)20-4-2-1-3-5-20/h1-13,18H,14-17,19H2. The first kappa shape index (κ1) is 20.7. The van der Waals surface area contributed by atoms with Gasteiger partial charge in [0.25, 0.3) is 5.91 Å². The number of fused-ring (bicyclic) bond motifs is 1. The molecule has 2 aliphatic heterocycles. The van der Waals surface area contributed by atoms with Crippen LogP contribution in [0.4, 0.5) is 0 Å². The number of likely N-dealkylation sites (tertiary alicyclic amines) is 1. The van der Waals surface area contributed by atoms with Gasteiger partial charge in [0.05, 0.1) is 0 Å². The van der Waals surface area contributed by atoms with E-state index in [-0.39, 0.29) is 18.1 Å². The molecule has 0 unspecified atom stereocenters. The molecule has 0 aromatic heterocycles. The first-order chi connectivity index (χ1) is 15.6. The summed E-state index contributed by atoms with van der Waals surface area (Å²) < 4.78 is 12.1. The molecule has 0 bridgehead atoms. The normalized spacial score (nSPS) is 16.3. The summed E-state index contributed by atoms with van der Waals surface area (Å²) >= 11 is 5.89. The second-order valence-corrected chi connectivity index (χ2v) is 8.68. The molecule has 3 aromatic carbocycles. The van der Waals surface area contributed by atoms with Crippen LogP contribution in [0.25, 0.3) is 17.2 Å². The summed E-state index contributed by atoms with van der Waals surface area (Å²) in [5, 5.41) is 0.642. The fraction of sp³-hybridized carbons (Fsp3) is 0.222. The number of carbonyl (C=O) groups is 1. The molecule has 162 valence electrons. The molecule has 0 radical (unpaired) electrons. The molecule has 0 N–H and O–H groups in total. The van der Waals surface area contributed by atoms with Crippen LogP contribution in [0.2, 0.25) is 5.02 Å². The van der Waals surface area contributed by atoms with Crippen LogP contribution in [-0.4, -0.2) is 36.1 Å². The minimum absolute atomic E-state index is 0.0116. The maximum atomic E-state index is 12.6. The largest absolute Gasteiger partial charge is 0.484 e. The van der Waals surface area contributed by atoms with Crippen molar-refractivity contribution in [3.63, 3.8) is 0 Å². The molecular weight excluding hydrogens is 422 g/mol. The van der Waals surface area contributed by atoms with E-state index >= 15 is 0 Å². The lowest BCUT2D eigenvalue weighted by Gasteiger charge is -2.42. The van der Waals surface area contributed by atoms with Crippen LogP contribution in [-0.2, 0) is 4.79 Å². The maximum absolute atomic E-state index is 12.6. The van der Waals surface area contributed by atoms with E-state index in [1.54, 1.807) is 24.3 Å². The van der Waals surface area contributed by atoms with Crippen molar-refractivity contribution >= 4 is 23.6 Å². The first-order valence-electron chi connectivity index (χ1n) is 10.8. The van der Waals surface area contributed by atoms with Crippen molar-refractivity contribution in [1.29, 1.82) is 0 Å². The molecule has 4 nitrogen and oxygen atoms in total. The van der Waals surface area contributed by atoms with Crippen LogP contribution in [0.3, 0.4) is 0 Å². The Kier molecular flexibility index (Phi) is 5.62. The summed E-state index contributed by atoms with van der Waals surface area (Å²) in [5.41, 5.74) is 3.10. The molecule has 3 aromatic rings. The Bertz CT molecular complexity index is 1130. The molecule has 2 heterocycles. The topological polar surface area (TPSA) is 38.8 Å². The minimum Gasteiger partial charge on any atom is -0.484 e. The number of carbonyl (C=O) groups excluding carboxylic acids is 1. The van der Waals surface area contributed by atoms with E-state index in [2.05, 4.69) is 42.5 Å². The van der Waals surface area contributed by atoms with Gasteiger partial charge in [-0.3, -0.25) is 4.79 Å². The van der Waals surface area contributed by atoms with Gasteiger partial charge in [-0.1, -0.05) is 54.1 Å². The van der Waals surface area contributed by atoms with Crippen LogP contribution in [0.1, 0.15) is 18.4 Å². The number of benzene rings is 3. The summed E-state index contributed by atoms with van der Waals surface area (Å²) in [6.07, 6.45) is 5.84. The van der Waals surface area contributed by atoms with Crippen LogP contribution < -0.4 is 9.47 Å². The van der Waals surface area contributed by atoms with Crippen LogP contribution >= 0.6 is 11.6 Å². The van der Waals surface area contributed by atoms with Gasteiger partial charge >= 0.3 is 0 Å². The van der Waals surface area contributed by atoms with Gasteiger partial charge in [-0.25, -0.2) is 0 Å². The highest BCUT2D eigenvalue weighted by Gasteiger charge is 2.38. The Labute approximate surface area is 193 Å². The van der Waals surface area contributed by atoms with Gasteiger partial charge in [-0.15, -0.1) is 0 Å². The molecular formula is C27H24ClNO3. The monoisotopic (exact) mass is 445 g/mol. The molecule has 1 amide bonds. The van der Waals surface area contributed by atoms with Gasteiger partial charge in [-0.2, -0.15) is 0 Å². The number of amides is 1. The predicted octanol–water partition coefficient (Wildman–Crippen LogP) is 5.85. The van der Waals surface area contributed by atoms with E-state index in [1.807, 2.05) is 23.1 Å². The highest BCUT2D eigenvalue weighted by Crippen LogP contribution is 2.38. The molecule has 2 aliphatic rings. The minimum atomic E-state index is -0.352. The second-order valence-electron chi connectivity index (χ2n) is 8.24. The number of nitrogens with zero attached hydrogens (tertiary/aromatic N) is 1. The predicted molar refractivity (Wildman–Crippen MR) is 127 cm³/mol. The average Bonchev–Trinajstić information content (AvgIpc) is 2.84. The average molecular weight is 446 g/mol. The third-order valence-corrected chi connectivity index (χ3v) is 6.39. The lowest BCUT2D eigenvalue weighted by molar-refractivity contribution is -0.136. The van der Waals surface area contributed by atoms with Gasteiger partial charge in [0.2, 0.25) is 0 Å². The number of rotatable bonds is 4. The molecule has 0 atom stereocenters. The highest BCUT2D eigenvalue weighted by atomic mass is 35.5. The molecule has 1 saturated heterocycles. The fourth-order valence-corrected chi connectivity index (χ4v) is 4.37. The van der Waals surface area contributed by atoms with Crippen molar-refractivity contribution < 1.29 is 14.3 Å². The Hall–Kier alpha value is -3.24. The highest BCUT2D eigenvalue weighted by molar-refractivity contribution is 6.30. The molecule has 0 saturated carbocycles. The number of hydrogen-bond acceptors (Lipinski definition) is 3. The van der Waals surface area contributed by atoms with E-state index in [0.29, 0.717) is 23.9 Å². The number of hydrogen-bond donors (Lipinski definition) is 0. The van der Waals surface area contributed by atoms with E-state index in [0.717, 1.165) is 24.2 Å². The van der Waals surface area contributed by atoms with Gasteiger partial charge in [0.1, 0.15) is 17.1 Å². The summed E-state index contributed by atoms with van der Waals surface area (Å²) in [4.78, 5) is 14.4. The summed E-state index contributed by atoms with van der Waals surface area (Å²) in [6, 6.07) is 23.7. The SMILES string of the molecule is O=C(COc1ccc(Cl)cc1)N1CCC2(C=Cc3cc(-c4ccccc4)ccc3O2)CC1. The van der Waals surface area contributed by atoms with Gasteiger partial charge in [0.15, 0.2) is 6.61 Å². The third kappa shape index (κ3) is 4.37. The number of piperidine rings is 1. The lowest BCUT2D eigenvalue weighted by atomic mass is 9.87. The first-order valence-corrected chi connectivity index (χ1v) is 11.2. The second kappa shape index (κ2) is 8.71. The zero-order valence-electron chi connectivity index (χ0n) is 17.7. The van der Waals surface area contributed by atoms with Crippen molar-refractivity contribution in [2.75, 3.05) is 19.7 Å². The third-order valence-electron chi connectivity index (χ3n) is 6.14. The number of ether oxygens (including phenoxy) is 2. The van der Waals surface area contributed by atoms with E-state index < -0.39 is 0 Å². The van der Waals surface area contributed by atoms with Crippen LogP contribution in [0, 0.1) is 0 Å². The van der Waals surface area contributed by atoms with E-state index in [4.69, 9.17) is 21.1 Å². The van der Waals surface area contributed by atoms with Crippen molar-refractivity contribution in [3.8, 4) is 22.6 Å². The quantitative estimate of drug-likeness (QED) is 0.505. The molecule has 1 spiro atoms. The Balaban J connectivity index is 1.20. The Morgan fingerprint density at radius 1 is 0.969 bits per heavy atom. The Morgan fingerprint density at radius 3 is 2.47 bits per heavy atom.